The van der Waals surface area contributed by atoms with Crippen molar-refractivity contribution in [2.45, 2.75) is 13.3 Å². The first kappa shape index (κ1) is 27.0. The highest BCUT2D eigenvalue weighted by Gasteiger charge is 2.33. The van der Waals surface area contributed by atoms with Gasteiger partial charge in [-0.2, -0.15) is 0 Å². The Balaban J connectivity index is 1.80. The third-order valence-corrected chi connectivity index (χ3v) is 6.59. The Kier molecular flexibility index (Phi) is 7.28. The van der Waals surface area contributed by atoms with E-state index in [1.165, 1.54) is 12.1 Å². The van der Waals surface area contributed by atoms with Gasteiger partial charge < -0.3 is 0 Å². The van der Waals surface area contributed by atoms with Crippen molar-refractivity contribution in [3.05, 3.63) is 115 Å². The maximum absolute atomic E-state index is 14.8. The van der Waals surface area contributed by atoms with Gasteiger partial charge in [-0.1, -0.05) is 24.3 Å². The van der Waals surface area contributed by atoms with Gasteiger partial charge in [0.05, 0.1) is 14.7 Å². The molecule has 0 aliphatic rings. The molecule has 0 N–H and O–H groups in total. The fourth-order valence-electron chi connectivity index (χ4n) is 3.81. The van der Waals surface area contributed by atoms with Gasteiger partial charge in [-0.05, 0) is 52.8 Å². The van der Waals surface area contributed by atoms with Crippen LogP contribution in [-0.4, -0.2) is 0 Å². The lowest BCUT2D eigenvalue weighted by Gasteiger charge is -2.15. The average Bonchev–Trinajstić information content (AvgIpc) is 2.85. The van der Waals surface area contributed by atoms with Gasteiger partial charge in [0.1, 0.15) is 11.6 Å². The maximum atomic E-state index is 14.8. The number of halogens is 11. The van der Waals surface area contributed by atoms with Crippen molar-refractivity contribution >= 4 is 22.6 Å². The average molecular weight is 640 g/mol. The standard InChI is InChI=1S/C26H11F10I/c1-9-2-4-11(14(27)6-9)12-5-3-10(8-15(12)28)7-13-18(29)20(31)16(21(32)19(13)30)17-22(33)24(35)26(37)25(36)23(17)34/h2-6,8H,7H2,1H3. The molecule has 0 saturated heterocycles. The van der Waals surface area contributed by atoms with E-state index in [0.717, 1.165) is 46.9 Å². The smallest absolute Gasteiger partial charge is 0.175 e. The molecule has 0 aromatic heterocycles. The van der Waals surface area contributed by atoms with Gasteiger partial charge in [-0.25, -0.2) is 43.9 Å². The lowest BCUT2D eigenvalue weighted by molar-refractivity contribution is 0.431. The predicted molar refractivity (Wildman–Crippen MR) is 124 cm³/mol. The van der Waals surface area contributed by atoms with Gasteiger partial charge >= 0.3 is 0 Å². The van der Waals surface area contributed by atoms with Crippen LogP contribution in [-0.2, 0) is 6.42 Å². The SMILES string of the molecule is Cc1ccc(-c2ccc(Cc3c(F)c(F)c(-c4c(F)c(F)c(I)c(F)c4F)c(F)c3F)cc2F)c(F)c1. The molecule has 4 aromatic rings. The summed E-state index contributed by atoms with van der Waals surface area (Å²) in [6.45, 7) is 1.62. The Hall–Kier alpha value is -3.09. The molecule has 192 valence electrons. The molecule has 4 rings (SSSR count). The van der Waals surface area contributed by atoms with Gasteiger partial charge in [-0.3, -0.25) is 0 Å². The van der Waals surface area contributed by atoms with Gasteiger partial charge in [-0.15, -0.1) is 0 Å². The van der Waals surface area contributed by atoms with Crippen LogP contribution in [0.1, 0.15) is 16.7 Å². The quantitative estimate of drug-likeness (QED) is 0.0905. The minimum absolute atomic E-state index is 0.102. The zero-order valence-electron chi connectivity index (χ0n) is 18.3. The zero-order chi connectivity index (χ0) is 27.3. The molecule has 0 aliphatic heterocycles. The summed E-state index contributed by atoms with van der Waals surface area (Å²) in [5, 5.41) is 0. The molecular formula is C26H11F10I. The van der Waals surface area contributed by atoms with Gasteiger partial charge in [0.2, 0.25) is 0 Å². The van der Waals surface area contributed by atoms with Crippen molar-refractivity contribution in [3.8, 4) is 22.3 Å². The first-order valence-corrected chi connectivity index (χ1v) is 11.3. The molecule has 0 unspecified atom stereocenters. The van der Waals surface area contributed by atoms with Crippen molar-refractivity contribution in [2.24, 2.45) is 0 Å². The van der Waals surface area contributed by atoms with Crippen LogP contribution in [0.3, 0.4) is 0 Å². The summed E-state index contributed by atoms with van der Waals surface area (Å²) in [5.41, 5.74) is -5.14. The first-order valence-electron chi connectivity index (χ1n) is 10.3. The molecule has 0 atom stereocenters. The van der Waals surface area contributed by atoms with Crippen molar-refractivity contribution < 1.29 is 43.9 Å². The molecule has 0 fully saturated rings. The molecule has 11 heteroatoms. The van der Waals surface area contributed by atoms with Gasteiger partial charge in [0.15, 0.2) is 46.5 Å². The normalized spacial score (nSPS) is 11.4. The molecule has 0 spiro atoms. The van der Waals surface area contributed by atoms with Gasteiger partial charge in [0.25, 0.3) is 0 Å². The summed E-state index contributed by atoms with van der Waals surface area (Å²) in [4.78, 5) is 0. The van der Waals surface area contributed by atoms with E-state index in [4.69, 9.17) is 0 Å². The summed E-state index contributed by atoms with van der Waals surface area (Å²) in [7, 11) is 0. The Morgan fingerprint density at radius 1 is 0.541 bits per heavy atom. The molecule has 0 nitrogen and oxygen atoms in total. The zero-order valence-corrected chi connectivity index (χ0v) is 20.5. The van der Waals surface area contributed by atoms with Gasteiger partial charge in [0, 0.05) is 23.1 Å². The second-order valence-electron chi connectivity index (χ2n) is 8.03. The number of hydrogen-bond donors (Lipinski definition) is 0. The molecule has 0 aliphatic carbocycles. The van der Waals surface area contributed by atoms with Crippen molar-refractivity contribution in [1.29, 1.82) is 0 Å². The van der Waals surface area contributed by atoms with Crippen molar-refractivity contribution in [2.75, 3.05) is 0 Å². The number of benzene rings is 4. The Morgan fingerprint density at radius 3 is 1.43 bits per heavy atom. The van der Waals surface area contributed by atoms with E-state index in [1.54, 1.807) is 6.92 Å². The summed E-state index contributed by atoms with van der Waals surface area (Å²) in [6, 6.07) is 7.00. The van der Waals surface area contributed by atoms with Crippen LogP contribution in [0.15, 0.2) is 36.4 Å². The highest BCUT2D eigenvalue weighted by Crippen LogP contribution is 2.39. The van der Waals surface area contributed by atoms with Crippen molar-refractivity contribution in [1.82, 2.24) is 0 Å². The van der Waals surface area contributed by atoms with Crippen LogP contribution in [0.5, 0.6) is 0 Å². The summed E-state index contributed by atoms with van der Waals surface area (Å²) in [5.74, 6) is -19.1. The number of aryl methyl sites for hydroxylation is 1. The molecule has 0 bridgehead atoms. The lowest BCUT2D eigenvalue weighted by atomic mass is 9.95. The van der Waals surface area contributed by atoms with E-state index in [9.17, 15) is 43.9 Å². The Morgan fingerprint density at radius 2 is 0.973 bits per heavy atom. The molecular weight excluding hydrogens is 629 g/mol. The van der Waals surface area contributed by atoms with E-state index in [-0.39, 0.29) is 16.7 Å². The van der Waals surface area contributed by atoms with E-state index in [0.29, 0.717) is 5.56 Å². The second kappa shape index (κ2) is 9.99. The molecule has 0 radical (unpaired) electrons. The Bertz CT molecular complexity index is 1520. The van der Waals surface area contributed by atoms with E-state index < -0.39 is 84.9 Å². The number of hydrogen-bond acceptors (Lipinski definition) is 0. The monoisotopic (exact) mass is 640 g/mol. The van der Waals surface area contributed by atoms with Crippen LogP contribution < -0.4 is 0 Å². The topological polar surface area (TPSA) is 0 Å². The number of rotatable bonds is 4. The van der Waals surface area contributed by atoms with E-state index >= 15 is 0 Å². The fraction of sp³-hybridized carbons (Fsp3) is 0.0769. The summed E-state index contributed by atoms with van der Waals surface area (Å²) < 4.78 is 143. The van der Waals surface area contributed by atoms with Crippen LogP contribution >= 0.6 is 22.6 Å². The Labute approximate surface area is 216 Å². The van der Waals surface area contributed by atoms with Crippen LogP contribution in [0.4, 0.5) is 43.9 Å². The van der Waals surface area contributed by atoms with Crippen molar-refractivity contribution in [3.63, 3.8) is 0 Å². The highest BCUT2D eigenvalue weighted by atomic mass is 127. The fourth-order valence-corrected chi connectivity index (χ4v) is 4.28. The molecule has 37 heavy (non-hydrogen) atoms. The largest absolute Gasteiger partial charge is 0.206 e. The minimum atomic E-state index is -2.31. The molecule has 0 saturated carbocycles. The predicted octanol–water partition coefficient (Wildman–Crippen LogP) is 8.92. The minimum Gasteiger partial charge on any atom is -0.206 e. The van der Waals surface area contributed by atoms with E-state index in [1.807, 2.05) is 0 Å². The summed E-state index contributed by atoms with van der Waals surface area (Å²) >= 11 is 0.899. The second-order valence-corrected chi connectivity index (χ2v) is 9.11. The third-order valence-electron chi connectivity index (χ3n) is 5.64. The van der Waals surface area contributed by atoms with Crippen LogP contribution in [0, 0.1) is 68.7 Å². The summed E-state index contributed by atoms with van der Waals surface area (Å²) in [6.07, 6.45) is -0.931. The van der Waals surface area contributed by atoms with Crippen LogP contribution in [0.25, 0.3) is 22.3 Å². The van der Waals surface area contributed by atoms with E-state index in [2.05, 4.69) is 0 Å². The third kappa shape index (κ3) is 4.57. The first-order chi connectivity index (χ1) is 17.3. The maximum Gasteiger partial charge on any atom is 0.175 e. The van der Waals surface area contributed by atoms with Crippen LogP contribution in [0.2, 0.25) is 0 Å². The molecule has 4 aromatic carbocycles. The molecule has 0 heterocycles. The highest BCUT2D eigenvalue weighted by molar-refractivity contribution is 14.1. The molecule has 0 amide bonds. The lowest BCUT2D eigenvalue weighted by Crippen LogP contribution is -2.11.